The molecule has 0 spiro atoms. The number of halogens is 1. The topological polar surface area (TPSA) is 50.7 Å². The molecule has 0 amide bonds. The van der Waals surface area contributed by atoms with Crippen LogP contribution >= 0.6 is 15.9 Å². The van der Waals surface area contributed by atoms with E-state index in [0.29, 0.717) is 16.2 Å². The Morgan fingerprint density at radius 2 is 2.25 bits per heavy atom. The number of pyridine rings is 1. The molecular formula is C11H7BrN2O2. The largest absolute Gasteiger partial charge is 0.508 e. The molecule has 0 aliphatic carbocycles. The summed E-state index contributed by atoms with van der Waals surface area (Å²) in [6.07, 6.45) is 3.35. The van der Waals surface area contributed by atoms with E-state index in [4.69, 9.17) is 4.42 Å². The van der Waals surface area contributed by atoms with Crippen LogP contribution in [0.25, 0.3) is 17.1 Å². The molecule has 80 valence electrons. The average molecular weight is 279 g/mol. The lowest BCUT2D eigenvalue weighted by molar-refractivity contribution is 0.475. The van der Waals surface area contributed by atoms with E-state index in [-0.39, 0.29) is 5.75 Å². The quantitative estimate of drug-likeness (QED) is 0.744. The third-order valence-electron chi connectivity index (χ3n) is 2.32. The van der Waals surface area contributed by atoms with Crippen molar-refractivity contribution in [2.75, 3.05) is 0 Å². The van der Waals surface area contributed by atoms with E-state index in [0.717, 1.165) is 5.52 Å². The molecule has 4 nitrogen and oxygen atoms in total. The molecule has 0 aromatic carbocycles. The van der Waals surface area contributed by atoms with Crippen LogP contribution in [0.15, 0.2) is 45.7 Å². The molecule has 0 unspecified atom stereocenters. The summed E-state index contributed by atoms with van der Waals surface area (Å²) in [5, 5.41) is 9.41. The number of aromatic hydroxyl groups is 1. The highest BCUT2D eigenvalue weighted by Crippen LogP contribution is 2.28. The van der Waals surface area contributed by atoms with Gasteiger partial charge in [0.25, 0.3) is 0 Å². The highest BCUT2D eigenvalue weighted by molar-refractivity contribution is 9.10. The molecule has 0 aliphatic rings. The highest BCUT2D eigenvalue weighted by atomic mass is 79.9. The number of furan rings is 1. The molecule has 3 heterocycles. The number of hydrogen-bond donors (Lipinski definition) is 1. The van der Waals surface area contributed by atoms with E-state index in [2.05, 4.69) is 20.9 Å². The maximum Gasteiger partial charge on any atom is 0.181 e. The molecule has 16 heavy (non-hydrogen) atoms. The van der Waals surface area contributed by atoms with Gasteiger partial charge in [-0.05, 0) is 34.1 Å². The van der Waals surface area contributed by atoms with Crippen LogP contribution in [-0.2, 0) is 0 Å². The van der Waals surface area contributed by atoms with Crippen LogP contribution in [0, 0.1) is 0 Å². The first kappa shape index (κ1) is 9.47. The molecule has 3 aromatic heterocycles. The molecular weight excluding hydrogens is 272 g/mol. The second-order valence-electron chi connectivity index (χ2n) is 3.34. The van der Waals surface area contributed by atoms with Gasteiger partial charge in [0.1, 0.15) is 10.4 Å². The number of hydrogen-bond acceptors (Lipinski definition) is 3. The smallest absolute Gasteiger partial charge is 0.181 e. The van der Waals surface area contributed by atoms with Crippen LogP contribution in [0.2, 0.25) is 0 Å². The minimum absolute atomic E-state index is 0.207. The van der Waals surface area contributed by atoms with Gasteiger partial charge in [0, 0.05) is 12.3 Å². The van der Waals surface area contributed by atoms with Gasteiger partial charge in [-0.15, -0.1) is 0 Å². The summed E-state index contributed by atoms with van der Waals surface area (Å²) in [5.41, 5.74) is 0.798. The van der Waals surface area contributed by atoms with Crippen molar-refractivity contribution in [2.45, 2.75) is 0 Å². The van der Waals surface area contributed by atoms with Gasteiger partial charge < -0.3 is 9.52 Å². The van der Waals surface area contributed by atoms with Crippen molar-refractivity contribution in [3.8, 4) is 17.3 Å². The molecule has 0 fully saturated rings. The molecule has 3 aromatic rings. The summed E-state index contributed by atoms with van der Waals surface area (Å²) in [6, 6.07) is 6.90. The van der Waals surface area contributed by atoms with E-state index >= 15 is 0 Å². The van der Waals surface area contributed by atoms with Crippen molar-refractivity contribution in [3.05, 3.63) is 41.3 Å². The van der Waals surface area contributed by atoms with Crippen molar-refractivity contribution >= 4 is 21.4 Å². The minimum Gasteiger partial charge on any atom is -0.508 e. The zero-order chi connectivity index (χ0) is 11.1. The molecule has 0 aliphatic heterocycles. The van der Waals surface area contributed by atoms with Crippen LogP contribution in [0.5, 0.6) is 5.75 Å². The predicted molar refractivity (Wildman–Crippen MR) is 62.3 cm³/mol. The van der Waals surface area contributed by atoms with Crippen molar-refractivity contribution < 1.29 is 9.52 Å². The minimum atomic E-state index is 0.207. The van der Waals surface area contributed by atoms with Gasteiger partial charge >= 0.3 is 0 Å². The van der Waals surface area contributed by atoms with Gasteiger partial charge in [0.2, 0.25) is 0 Å². The first-order chi connectivity index (χ1) is 7.75. The molecule has 0 bridgehead atoms. The lowest BCUT2D eigenvalue weighted by Gasteiger charge is -1.98. The first-order valence-corrected chi connectivity index (χ1v) is 5.45. The fourth-order valence-corrected chi connectivity index (χ4v) is 2.09. The number of aromatic nitrogens is 2. The first-order valence-electron chi connectivity index (χ1n) is 4.66. The van der Waals surface area contributed by atoms with E-state index in [1.807, 2.05) is 16.5 Å². The van der Waals surface area contributed by atoms with E-state index < -0.39 is 0 Å². The summed E-state index contributed by atoms with van der Waals surface area (Å²) in [6.45, 7) is 0. The van der Waals surface area contributed by atoms with Gasteiger partial charge in [-0.3, -0.25) is 4.40 Å². The van der Waals surface area contributed by atoms with Gasteiger partial charge in [-0.2, -0.15) is 0 Å². The summed E-state index contributed by atoms with van der Waals surface area (Å²) >= 11 is 3.35. The van der Waals surface area contributed by atoms with Crippen LogP contribution in [-0.4, -0.2) is 14.5 Å². The lowest BCUT2D eigenvalue weighted by atomic mass is 10.4. The third-order valence-corrected chi connectivity index (χ3v) is 2.91. The Kier molecular flexibility index (Phi) is 2.00. The van der Waals surface area contributed by atoms with E-state index in [1.165, 1.54) is 0 Å². The number of rotatable bonds is 1. The monoisotopic (exact) mass is 278 g/mol. The standard InChI is InChI=1S/C11H7BrN2O2/c12-10-8-6-7(15)3-4-14(8)11(13-10)9-2-1-5-16-9/h1-6,15H. The van der Waals surface area contributed by atoms with Gasteiger partial charge in [0.05, 0.1) is 11.8 Å². The van der Waals surface area contributed by atoms with Gasteiger partial charge in [-0.1, -0.05) is 0 Å². The van der Waals surface area contributed by atoms with Crippen molar-refractivity contribution in [3.63, 3.8) is 0 Å². The number of imidazole rings is 1. The average Bonchev–Trinajstić information content (AvgIpc) is 2.87. The predicted octanol–water partition coefficient (Wildman–Crippen LogP) is 3.06. The fraction of sp³-hybridized carbons (Fsp3) is 0. The van der Waals surface area contributed by atoms with Gasteiger partial charge in [0.15, 0.2) is 11.6 Å². The SMILES string of the molecule is Oc1ccn2c(-c3ccco3)nc(Br)c2c1. The lowest BCUT2D eigenvalue weighted by Crippen LogP contribution is -1.86. The Balaban J connectivity index is 2.35. The van der Waals surface area contributed by atoms with Crippen LogP contribution in [0.3, 0.4) is 0 Å². The van der Waals surface area contributed by atoms with Crippen LogP contribution in [0.1, 0.15) is 0 Å². The normalized spacial score (nSPS) is 11.1. The second-order valence-corrected chi connectivity index (χ2v) is 4.09. The zero-order valence-electron chi connectivity index (χ0n) is 8.09. The molecule has 3 rings (SSSR count). The molecule has 1 N–H and O–H groups in total. The Bertz CT molecular complexity index is 643. The number of fused-ring (bicyclic) bond motifs is 1. The van der Waals surface area contributed by atoms with E-state index in [1.54, 1.807) is 24.6 Å². The molecule has 0 saturated heterocycles. The molecule has 5 heteroatoms. The Labute approximate surface area is 99.3 Å². The van der Waals surface area contributed by atoms with Crippen molar-refractivity contribution in [2.24, 2.45) is 0 Å². The fourth-order valence-electron chi connectivity index (χ4n) is 1.62. The van der Waals surface area contributed by atoms with Crippen LogP contribution < -0.4 is 0 Å². The van der Waals surface area contributed by atoms with Crippen molar-refractivity contribution in [1.29, 1.82) is 0 Å². The zero-order valence-corrected chi connectivity index (χ0v) is 9.68. The Morgan fingerprint density at radius 1 is 1.38 bits per heavy atom. The Morgan fingerprint density at radius 3 is 3.00 bits per heavy atom. The summed E-state index contributed by atoms with van der Waals surface area (Å²) in [7, 11) is 0. The number of nitrogens with zero attached hydrogens (tertiary/aromatic N) is 2. The Hall–Kier alpha value is -1.75. The van der Waals surface area contributed by atoms with Gasteiger partial charge in [-0.25, -0.2) is 4.98 Å². The highest BCUT2D eigenvalue weighted by Gasteiger charge is 2.12. The van der Waals surface area contributed by atoms with Crippen molar-refractivity contribution in [1.82, 2.24) is 9.38 Å². The van der Waals surface area contributed by atoms with Crippen LogP contribution in [0.4, 0.5) is 0 Å². The summed E-state index contributed by atoms with van der Waals surface area (Å²) < 4.78 is 7.83. The molecule has 0 atom stereocenters. The molecule has 0 radical (unpaired) electrons. The van der Waals surface area contributed by atoms with E-state index in [9.17, 15) is 5.11 Å². The second kappa shape index (κ2) is 3.38. The third kappa shape index (κ3) is 1.32. The summed E-state index contributed by atoms with van der Waals surface area (Å²) in [4.78, 5) is 4.35. The summed E-state index contributed by atoms with van der Waals surface area (Å²) in [5.74, 6) is 1.59. The maximum atomic E-state index is 9.41. The maximum absolute atomic E-state index is 9.41. The molecule has 0 saturated carbocycles.